The van der Waals surface area contributed by atoms with E-state index in [9.17, 15) is 9.59 Å². The van der Waals surface area contributed by atoms with Crippen molar-refractivity contribution < 1.29 is 4.79 Å². The summed E-state index contributed by atoms with van der Waals surface area (Å²) in [6.45, 7) is 8.08. The number of rotatable bonds is 4. The van der Waals surface area contributed by atoms with Gasteiger partial charge in [0.2, 0.25) is 0 Å². The number of thioether (sulfide) groups is 1. The van der Waals surface area contributed by atoms with Crippen LogP contribution >= 0.6 is 11.8 Å². The number of carbonyl (C=O) groups is 1. The summed E-state index contributed by atoms with van der Waals surface area (Å²) in [5.41, 5.74) is 4.41. The minimum atomic E-state index is -0.0130. The molecule has 0 saturated carbocycles. The molecule has 8 nitrogen and oxygen atoms in total. The Morgan fingerprint density at radius 2 is 2.00 bits per heavy atom. The van der Waals surface area contributed by atoms with Crippen LogP contribution in [-0.2, 0) is 18.7 Å². The minimum absolute atomic E-state index is 0.0130. The summed E-state index contributed by atoms with van der Waals surface area (Å²) >= 11 is 1.86. The lowest BCUT2D eigenvalue weighted by Gasteiger charge is -2.34. The zero-order chi connectivity index (χ0) is 19.7. The Labute approximate surface area is 168 Å². The average molecular weight is 403 g/mol. The van der Waals surface area contributed by atoms with Gasteiger partial charge in [-0.05, 0) is 25.2 Å². The van der Waals surface area contributed by atoms with Crippen molar-refractivity contribution in [3.05, 3.63) is 44.6 Å². The van der Waals surface area contributed by atoms with Crippen molar-refractivity contribution in [2.24, 2.45) is 0 Å². The van der Waals surface area contributed by atoms with Gasteiger partial charge in [0.15, 0.2) is 0 Å². The van der Waals surface area contributed by atoms with Crippen LogP contribution in [0.1, 0.15) is 33.0 Å². The van der Waals surface area contributed by atoms with Crippen molar-refractivity contribution in [1.82, 2.24) is 29.8 Å². The van der Waals surface area contributed by atoms with Gasteiger partial charge in [-0.1, -0.05) is 0 Å². The topological polar surface area (TPSA) is 87.1 Å². The van der Waals surface area contributed by atoms with E-state index in [0.29, 0.717) is 25.2 Å². The summed E-state index contributed by atoms with van der Waals surface area (Å²) < 4.78 is 1.60. The number of fused-ring (bicyclic) bond motifs is 1. The SMILES string of the molecule is Cc1n[nH]c(C)c1C(=O)N1CCN(CCn2nc3c(cc2=O)CSCC3)CC1. The number of hydrogen-bond acceptors (Lipinski definition) is 6. The van der Waals surface area contributed by atoms with Crippen LogP contribution in [0.4, 0.5) is 0 Å². The van der Waals surface area contributed by atoms with Crippen LogP contribution in [0.2, 0.25) is 0 Å². The molecule has 2 aliphatic heterocycles. The minimum Gasteiger partial charge on any atom is -0.336 e. The molecule has 9 heteroatoms. The smallest absolute Gasteiger partial charge is 0.267 e. The number of carbonyl (C=O) groups excluding carboxylic acids is 1. The van der Waals surface area contributed by atoms with Gasteiger partial charge >= 0.3 is 0 Å². The van der Waals surface area contributed by atoms with E-state index in [2.05, 4.69) is 20.2 Å². The highest BCUT2D eigenvalue weighted by molar-refractivity contribution is 7.98. The fourth-order valence-electron chi connectivity index (χ4n) is 3.85. The molecule has 150 valence electrons. The molecule has 4 heterocycles. The van der Waals surface area contributed by atoms with Crippen LogP contribution in [0.25, 0.3) is 0 Å². The van der Waals surface area contributed by atoms with Crippen molar-refractivity contribution in [2.45, 2.75) is 32.6 Å². The van der Waals surface area contributed by atoms with E-state index in [1.54, 1.807) is 10.7 Å². The van der Waals surface area contributed by atoms with Gasteiger partial charge in [-0.25, -0.2) is 4.68 Å². The number of amides is 1. The van der Waals surface area contributed by atoms with Crippen LogP contribution in [0, 0.1) is 13.8 Å². The number of piperazine rings is 1. The molecule has 1 N–H and O–H groups in total. The van der Waals surface area contributed by atoms with Crippen molar-refractivity contribution >= 4 is 17.7 Å². The van der Waals surface area contributed by atoms with Gasteiger partial charge in [0.25, 0.3) is 11.5 Å². The van der Waals surface area contributed by atoms with Crippen molar-refractivity contribution in [1.29, 1.82) is 0 Å². The highest BCUT2D eigenvalue weighted by Crippen LogP contribution is 2.21. The third-order valence-corrected chi connectivity index (χ3v) is 6.54. The van der Waals surface area contributed by atoms with Gasteiger partial charge < -0.3 is 4.90 Å². The molecule has 1 amide bonds. The van der Waals surface area contributed by atoms with E-state index >= 15 is 0 Å². The van der Waals surface area contributed by atoms with Crippen LogP contribution in [-0.4, -0.2) is 74.2 Å². The molecule has 0 aromatic carbocycles. The third-order valence-electron chi connectivity index (χ3n) is 5.53. The lowest BCUT2D eigenvalue weighted by molar-refractivity contribution is 0.0630. The Bertz CT molecular complexity index is 909. The zero-order valence-electron chi connectivity index (χ0n) is 16.4. The molecule has 1 saturated heterocycles. The Balaban J connectivity index is 1.33. The molecule has 0 atom stereocenters. The molecule has 0 spiro atoms. The first kappa shape index (κ1) is 19.2. The second kappa shape index (κ2) is 8.08. The molecule has 28 heavy (non-hydrogen) atoms. The maximum Gasteiger partial charge on any atom is 0.267 e. The highest BCUT2D eigenvalue weighted by Gasteiger charge is 2.25. The molecular formula is C19H26N6O2S. The zero-order valence-corrected chi connectivity index (χ0v) is 17.2. The molecule has 1 fully saturated rings. The van der Waals surface area contributed by atoms with Crippen molar-refractivity contribution in [3.8, 4) is 0 Å². The summed E-state index contributed by atoms with van der Waals surface area (Å²) in [6.07, 6.45) is 0.938. The van der Waals surface area contributed by atoms with E-state index in [1.807, 2.05) is 30.5 Å². The molecule has 0 aliphatic carbocycles. The van der Waals surface area contributed by atoms with Crippen LogP contribution in [0.15, 0.2) is 10.9 Å². The van der Waals surface area contributed by atoms with Crippen LogP contribution in [0.5, 0.6) is 0 Å². The van der Waals surface area contributed by atoms with Gasteiger partial charge in [-0.15, -0.1) is 0 Å². The summed E-state index contributed by atoms with van der Waals surface area (Å²) in [5, 5.41) is 11.6. The van der Waals surface area contributed by atoms with Gasteiger partial charge in [0.05, 0.1) is 23.5 Å². The lowest BCUT2D eigenvalue weighted by Crippen LogP contribution is -2.49. The summed E-state index contributed by atoms with van der Waals surface area (Å²) in [6, 6.07) is 1.75. The van der Waals surface area contributed by atoms with Crippen molar-refractivity contribution in [3.63, 3.8) is 0 Å². The first-order chi connectivity index (χ1) is 13.5. The van der Waals surface area contributed by atoms with Crippen molar-refractivity contribution in [2.75, 3.05) is 38.5 Å². The number of aromatic nitrogens is 4. The summed E-state index contributed by atoms with van der Waals surface area (Å²) in [5.74, 6) is 2.02. The van der Waals surface area contributed by atoms with E-state index in [-0.39, 0.29) is 11.5 Å². The molecule has 2 aromatic rings. The highest BCUT2D eigenvalue weighted by atomic mass is 32.2. The molecule has 0 unspecified atom stereocenters. The average Bonchev–Trinajstić information content (AvgIpc) is 3.04. The monoisotopic (exact) mass is 402 g/mol. The second-order valence-electron chi connectivity index (χ2n) is 7.42. The standard InChI is InChI=1S/C19H26N6O2S/c1-13-18(14(2)21-20-13)19(27)24-7-4-23(5-8-24)6-9-25-17(26)11-15-12-28-10-3-16(15)22-25/h11H,3-10,12H2,1-2H3,(H,20,21). The number of aryl methyl sites for hydroxylation is 3. The molecular weight excluding hydrogens is 376 g/mol. The van der Waals surface area contributed by atoms with E-state index in [0.717, 1.165) is 60.2 Å². The van der Waals surface area contributed by atoms with E-state index < -0.39 is 0 Å². The predicted octanol–water partition coefficient (Wildman–Crippen LogP) is 0.831. The number of aromatic amines is 1. The van der Waals surface area contributed by atoms with Crippen LogP contribution in [0.3, 0.4) is 0 Å². The fraction of sp³-hybridized carbons (Fsp3) is 0.579. The quantitative estimate of drug-likeness (QED) is 0.815. The number of nitrogens with one attached hydrogen (secondary N) is 1. The Kier molecular flexibility index (Phi) is 5.54. The molecule has 4 rings (SSSR count). The van der Waals surface area contributed by atoms with Gasteiger partial charge in [-0.2, -0.15) is 22.0 Å². The second-order valence-corrected chi connectivity index (χ2v) is 8.53. The number of hydrogen-bond donors (Lipinski definition) is 1. The van der Waals surface area contributed by atoms with Gasteiger partial charge in [-0.3, -0.25) is 19.6 Å². The summed E-state index contributed by atoms with van der Waals surface area (Å²) in [4.78, 5) is 29.3. The molecule has 2 aromatic heterocycles. The third kappa shape index (κ3) is 3.86. The largest absolute Gasteiger partial charge is 0.336 e. The number of nitrogens with zero attached hydrogens (tertiary/aromatic N) is 5. The normalized spacial score (nSPS) is 17.6. The molecule has 2 aliphatic rings. The Morgan fingerprint density at radius 1 is 1.21 bits per heavy atom. The van der Waals surface area contributed by atoms with Crippen LogP contribution < -0.4 is 5.56 Å². The lowest BCUT2D eigenvalue weighted by atomic mass is 10.1. The first-order valence-electron chi connectivity index (χ1n) is 9.74. The van der Waals surface area contributed by atoms with E-state index in [1.165, 1.54) is 0 Å². The van der Waals surface area contributed by atoms with E-state index in [4.69, 9.17) is 0 Å². The number of H-pyrrole nitrogens is 1. The molecule has 0 bridgehead atoms. The predicted molar refractivity (Wildman–Crippen MR) is 109 cm³/mol. The maximum absolute atomic E-state index is 12.8. The van der Waals surface area contributed by atoms with Gasteiger partial charge in [0, 0.05) is 56.7 Å². The maximum atomic E-state index is 12.8. The van der Waals surface area contributed by atoms with Gasteiger partial charge in [0.1, 0.15) is 0 Å². The Hall–Kier alpha value is -2.13. The fourth-order valence-corrected chi connectivity index (χ4v) is 4.80. The molecule has 0 radical (unpaired) electrons. The Morgan fingerprint density at radius 3 is 2.71 bits per heavy atom. The summed E-state index contributed by atoms with van der Waals surface area (Å²) in [7, 11) is 0. The first-order valence-corrected chi connectivity index (χ1v) is 10.9.